The quantitative estimate of drug-likeness (QED) is 0.723. The highest BCUT2D eigenvalue weighted by atomic mass is 16.5. The predicted molar refractivity (Wildman–Crippen MR) is 92.2 cm³/mol. The maximum atomic E-state index is 5.41. The van der Waals surface area contributed by atoms with Crippen LogP contribution in [0.3, 0.4) is 0 Å². The standard InChI is InChI=1S/C19H18N4O/c1-2-6-15(7-3-1)8-5-11-23-13-17(14-23)19-21-18(22-24-19)16-9-4-10-20-12-16/h1-10,12,17H,11,13-14H2/b8-5+. The normalized spacial score (nSPS) is 15.7. The van der Waals surface area contributed by atoms with Crippen molar-refractivity contribution in [3.05, 3.63) is 72.4 Å². The molecule has 0 unspecified atom stereocenters. The van der Waals surface area contributed by atoms with Gasteiger partial charge in [-0.05, 0) is 17.7 Å². The Kier molecular flexibility index (Phi) is 4.16. The van der Waals surface area contributed by atoms with Crippen molar-refractivity contribution in [1.29, 1.82) is 0 Å². The van der Waals surface area contributed by atoms with Gasteiger partial charge in [0.1, 0.15) is 0 Å². The van der Waals surface area contributed by atoms with E-state index in [-0.39, 0.29) is 0 Å². The highest BCUT2D eigenvalue weighted by Crippen LogP contribution is 2.27. The van der Waals surface area contributed by atoms with Crippen molar-refractivity contribution >= 4 is 6.08 Å². The number of likely N-dealkylation sites (tertiary alicyclic amines) is 1. The van der Waals surface area contributed by atoms with Gasteiger partial charge in [-0.2, -0.15) is 4.98 Å². The lowest BCUT2D eigenvalue weighted by Gasteiger charge is -2.36. The summed E-state index contributed by atoms with van der Waals surface area (Å²) in [5.74, 6) is 1.66. The van der Waals surface area contributed by atoms with Crippen LogP contribution in [-0.2, 0) is 0 Å². The Morgan fingerprint density at radius 1 is 1.12 bits per heavy atom. The van der Waals surface area contributed by atoms with E-state index in [0.29, 0.717) is 11.7 Å². The van der Waals surface area contributed by atoms with Gasteiger partial charge in [-0.25, -0.2) is 0 Å². The van der Waals surface area contributed by atoms with E-state index >= 15 is 0 Å². The average Bonchev–Trinajstić information content (AvgIpc) is 3.08. The Morgan fingerprint density at radius 2 is 2.00 bits per heavy atom. The molecule has 24 heavy (non-hydrogen) atoms. The topological polar surface area (TPSA) is 55.1 Å². The summed E-state index contributed by atoms with van der Waals surface area (Å²) in [6.07, 6.45) is 7.83. The van der Waals surface area contributed by atoms with Gasteiger partial charge in [0.25, 0.3) is 0 Å². The molecule has 2 aromatic heterocycles. The molecule has 0 amide bonds. The van der Waals surface area contributed by atoms with Gasteiger partial charge in [-0.1, -0.05) is 47.6 Å². The van der Waals surface area contributed by atoms with Gasteiger partial charge in [-0.15, -0.1) is 0 Å². The summed E-state index contributed by atoms with van der Waals surface area (Å²) in [7, 11) is 0. The Labute approximate surface area is 140 Å². The number of nitrogens with zero attached hydrogens (tertiary/aromatic N) is 4. The predicted octanol–water partition coefficient (Wildman–Crippen LogP) is 3.24. The molecule has 120 valence electrons. The fourth-order valence-corrected chi connectivity index (χ4v) is 2.79. The monoisotopic (exact) mass is 318 g/mol. The Morgan fingerprint density at radius 3 is 2.79 bits per heavy atom. The van der Waals surface area contributed by atoms with Crippen LogP contribution in [0.2, 0.25) is 0 Å². The average molecular weight is 318 g/mol. The molecule has 0 atom stereocenters. The summed E-state index contributed by atoms with van der Waals surface area (Å²) in [5.41, 5.74) is 2.11. The van der Waals surface area contributed by atoms with Crippen LogP contribution < -0.4 is 0 Å². The van der Waals surface area contributed by atoms with Gasteiger partial charge in [0.15, 0.2) is 0 Å². The fourth-order valence-electron chi connectivity index (χ4n) is 2.79. The van der Waals surface area contributed by atoms with E-state index in [1.165, 1.54) is 5.56 Å². The van der Waals surface area contributed by atoms with Crippen LogP contribution >= 0.6 is 0 Å². The summed E-state index contributed by atoms with van der Waals surface area (Å²) >= 11 is 0. The maximum Gasteiger partial charge on any atom is 0.232 e. The van der Waals surface area contributed by atoms with Crippen molar-refractivity contribution in [2.75, 3.05) is 19.6 Å². The minimum atomic E-state index is 0.327. The van der Waals surface area contributed by atoms with Crippen LogP contribution in [0.5, 0.6) is 0 Å². The van der Waals surface area contributed by atoms with Crippen molar-refractivity contribution < 1.29 is 4.52 Å². The minimum absolute atomic E-state index is 0.327. The molecule has 5 heteroatoms. The first kappa shape index (κ1) is 14.8. The van der Waals surface area contributed by atoms with E-state index in [0.717, 1.165) is 31.1 Å². The van der Waals surface area contributed by atoms with Gasteiger partial charge in [-0.3, -0.25) is 9.88 Å². The number of pyridine rings is 1. The number of rotatable bonds is 5. The molecule has 1 aliphatic rings. The highest BCUT2D eigenvalue weighted by molar-refractivity contribution is 5.52. The Balaban J connectivity index is 1.30. The van der Waals surface area contributed by atoms with Gasteiger partial charge >= 0.3 is 0 Å². The fraction of sp³-hybridized carbons (Fsp3) is 0.211. The lowest BCUT2D eigenvalue weighted by atomic mass is 10.0. The van der Waals surface area contributed by atoms with Crippen molar-refractivity contribution in [1.82, 2.24) is 20.0 Å². The zero-order chi connectivity index (χ0) is 16.2. The summed E-state index contributed by atoms with van der Waals surface area (Å²) < 4.78 is 5.41. The highest BCUT2D eigenvalue weighted by Gasteiger charge is 2.31. The minimum Gasteiger partial charge on any atom is -0.339 e. The van der Waals surface area contributed by atoms with E-state index in [1.807, 2.05) is 18.2 Å². The third-order valence-corrected chi connectivity index (χ3v) is 4.14. The van der Waals surface area contributed by atoms with Crippen molar-refractivity contribution in [3.8, 4) is 11.4 Å². The third kappa shape index (κ3) is 3.26. The van der Waals surface area contributed by atoms with Gasteiger partial charge in [0.2, 0.25) is 11.7 Å². The van der Waals surface area contributed by atoms with E-state index in [2.05, 4.69) is 56.4 Å². The molecular formula is C19H18N4O. The molecule has 3 aromatic rings. The second kappa shape index (κ2) is 6.76. The molecule has 4 rings (SSSR count). The molecule has 1 aromatic carbocycles. The van der Waals surface area contributed by atoms with Crippen molar-refractivity contribution in [2.24, 2.45) is 0 Å². The molecule has 3 heterocycles. The SMILES string of the molecule is C(=C\c1ccccc1)/CN1CC(c2nc(-c3cccnc3)no2)C1. The van der Waals surface area contributed by atoms with E-state index in [9.17, 15) is 0 Å². The molecule has 0 spiro atoms. The molecule has 0 bridgehead atoms. The molecule has 0 radical (unpaired) electrons. The zero-order valence-electron chi connectivity index (χ0n) is 13.2. The van der Waals surface area contributed by atoms with Gasteiger partial charge < -0.3 is 4.52 Å². The smallest absolute Gasteiger partial charge is 0.232 e. The lowest BCUT2D eigenvalue weighted by molar-refractivity contribution is 0.140. The van der Waals surface area contributed by atoms with E-state index in [1.54, 1.807) is 12.4 Å². The Hall–Kier alpha value is -2.79. The summed E-state index contributed by atoms with van der Waals surface area (Å²) in [5, 5.41) is 4.06. The summed E-state index contributed by atoms with van der Waals surface area (Å²) in [6.45, 7) is 2.84. The van der Waals surface area contributed by atoms with Crippen LogP contribution in [0.15, 0.2) is 65.5 Å². The Bertz CT molecular complexity index is 808. The number of aromatic nitrogens is 3. The van der Waals surface area contributed by atoms with Gasteiger partial charge in [0, 0.05) is 37.6 Å². The molecule has 1 aliphatic heterocycles. The first-order valence-electron chi connectivity index (χ1n) is 8.06. The van der Waals surface area contributed by atoms with E-state index in [4.69, 9.17) is 4.52 Å². The van der Waals surface area contributed by atoms with Crippen molar-refractivity contribution in [3.63, 3.8) is 0 Å². The lowest BCUT2D eigenvalue weighted by Crippen LogP contribution is -2.44. The summed E-state index contributed by atoms with van der Waals surface area (Å²) in [4.78, 5) is 10.9. The first-order valence-corrected chi connectivity index (χ1v) is 8.06. The molecule has 0 saturated carbocycles. The molecule has 1 saturated heterocycles. The van der Waals surface area contributed by atoms with Crippen LogP contribution in [0.25, 0.3) is 17.5 Å². The van der Waals surface area contributed by atoms with Crippen molar-refractivity contribution in [2.45, 2.75) is 5.92 Å². The molecule has 1 fully saturated rings. The number of hydrogen-bond donors (Lipinski definition) is 0. The van der Waals surface area contributed by atoms with Crippen LogP contribution in [0, 0.1) is 0 Å². The second-order valence-electron chi connectivity index (χ2n) is 5.93. The summed E-state index contributed by atoms with van der Waals surface area (Å²) in [6, 6.07) is 14.1. The van der Waals surface area contributed by atoms with Crippen LogP contribution in [-0.4, -0.2) is 39.7 Å². The second-order valence-corrected chi connectivity index (χ2v) is 5.93. The maximum absolute atomic E-state index is 5.41. The van der Waals surface area contributed by atoms with Crippen LogP contribution in [0.1, 0.15) is 17.4 Å². The number of hydrogen-bond acceptors (Lipinski definition) is 5. The zero-order valence-corrected chi connectivity index (χ0v) is 13.2. The van der Waals surface area contributed by atoms with E-state index < -0.39 is 0 Å². The molecule has 0 aliphatic carbocycles. The first-order chi connectivity index (χ1) is 11.9. The van der Waals surface area contributed by atoms with Crippen LogP contribution in [0.4, 0.5) is 0 Å². The molecular weight excluding hydrogens is 300 g/mol. The number of benzene rings is 1. The largest absolute Gasteiger partial charge is 0.339 e. The van der Waals surface area contributed by atoms with Gasteiger partial charge in [0.05, 0.1) is 5.92 Å². The molecule has 5 nitrogen and oxygen atoms in total. The molecule has 0 N–H and O–H groups in total. The third-order valence-electron chi connectivity index (χ3n) is 4.14.